The van der Waals surface area contributed by atoms with E-state index in [1.54, 1.807) is 17.9 Å². The van der Waals surface area contributed by atoms with Crippen LogP contribution in [0.25, 0.3) is 22.9 Å². The normalized spacial score (nSPS) is 12.3. The Kier molecular flexibility index (Phi) is 5.80. The van der Waals surface area contributed by atoms with Gasteiger partial charge < -0.3 is 4.42 Å². The summed E-state index contributed by atoms with van der Waals surface area (Å²) in [6.07, 6.45) is -1.83. The van der Waals surface area contributed by atoms with Gasteiger partial charge in [-0.05, 0) is 54.8 Å². The van der Waals surface area contributed by atoms with Crippen molar-refractivity contribution < 1.29 is 26.0 Å². The first-order chi connectivity index (χ1) is 15.5. The average molecular weight is 477 g/mol. The molecule has 0 spiro atoms. The van der Waals surface area contributed by atoms with Crippen molar-refractivity contribution in [2.24, 2.45) is 12.2 Å². The molecule has 172 valence electrons. The van der Waals surface area contributed by atoms with Gasteiger partial charge in [0, 0.05) is 12.6 Å². The van der Waals surface area contributed by atoms with Crippen LogP contribution in [0.15, 0.2) is 64.0 Å². The Hall–Kier alpha value is -3.51. The summed E-state index contributed by atoms with van der Waals surface area (Å²) in [7, 11) is -2.07. The molecule has 0 saturated heterocycles. The molecule has 12 heteroatoms. The molecule has 0 aliphatic carbocycles. The van der Waals surface area contributed by atoms with E-state index in [1.165, 1.54) is 36.4 Å². The fourth-order valence-corrected chi connectivity index (χ4v) is 3.81. The third-order valence-corrected chi connectivity index (χ3v) is 6.01. The maximum absolute atomic E-state index is 12.8. The summed E-state index contributed by atoms with van der Waals surface area (Å²) in [5.41, 5.74) is 1.94. The van der Waals surface area contributed by atoms with Crippen LogP contribution in [0.1, 0.15) is 16.8 Å². The van der Waals surface area contributed by atoms with Crippen molar-refractivity contribution in [2.75, 3.05) is 0 Å². The number of sulfonamides is 1. The molecular weight excluding hydrogens is 459 g/mol. The average Bonchev–Trinajstić information content (AvgIpc) is 3.38. The van der Waals surface area contributed by atoms with Gasteiger partial charge in [-0.1, -0.05) is 12.1 Å². The number of alkyl halides is 3. The maximum Gasteiger partial charge on any atom is 0.416 e. The maximum atomic E-state index is 12.8. The lowest BCUT2D eigenvalue weighted by Gasteiger charge is -2.08. The van der Waals surface area contributed by atoms with E-state index < -0.39 is 21.8 Å². The van der Waals surface area contributed by atoms with Crippen molar-refractivity contribution >= 4 is 10.0 Å². The van der Waals surface area contributed by atoms with Crippen LogP contribution in [0.3, 0.4) is 0 Å². The van der Waals surface area contributed by atoms with Crippen LogP contribution in [0.2, 0.25) is 0 Å². The van der Waals surface area contributed by atoms with Crippen LogP contribution in [-0.2, 0) is 36.1 Å². The zero-order valence-electron chi connectivity index (χ0n) is 17.2. The number of benzene rings is 2. The number of rotatable bonds is 6. The molecule has 4 aromatic rings. The molecule has 8 nitrogen and oxygen atoms in total. The third-order valence-electron chi connectivity index (χ3n) is 5.08. The first kappa shape index (κ1) is 22.7. The molecule has 0 bridgehead atoms. The van der Waals surface area contributed by atoms with Crippen LogP contribution >= 0.6 is 0 Å². The lowest BCUT2D eigenvalue weighted by atomic mass is 10.0. The van der Waals surface area contributed by atoms with Gasteiger partial charge in [-0.2, -0.15) is 18.3 Å². The van der Waals surface area contributed by atoms with Crippen molar-refractivity contribution in [3.05, 3.63) is 71.5 Å². The number of nitrogens with zero attached hydrogens (tertiary/aromatic N) is 4. The van der Waals surface area contributed by atoms with Gasteiger partial charge in [0.25, 0.3) is 5.89 Å². The highest BCUT2D eigenvalue weighted by molar-refractivity contribution is 7.89. The molecule has 0 amide bonds. The Morgan fingerprint density at radius 1 is 0.970 bits per heavy atom. The van der Waals surface area contributed by atoms with E-state index >= 15 is 0 Å². The number of hydrogen-bond acceptors (Lipinski definition) is 6. The van der Waals surface area contributed by atoms with Crippen molar-refractivity contribution in [3.63, 3.8) is 0 Å². The van der Waals surface area contributed by atoms with E-state index in [-0.39, 0.29) is 16.7 Å². The van der Waals surface area contributed by atoms with E-state index in [1.807, 2.05) is 0 Å². The standard InChI is InChI=1S/C21H18F3N5O3S/c1-29-18(11-4-13-2-7-15(8-3-13)21(22,23)24)17(12-26-29)20-28-27-19(32-20)14-5-9-16(10-6-14)33(25,30)31/h2-3,5-10,12H,4,11H2,1H3,(H2,25,30,31). The molecule has 0 unspecified atom stereocenters. The highest BCUT2D eigenvalue weighted by atomic mass is 32.2. The minimum absolute atomic E-state index is 0.0381. The van der Waals surface area contributed by atoms with Crippen molar-refractivity contribution in [1.82, 2.24) is 20.0 Å². The summed E-state index contributed by atoms with van der Waals surface area (Å²) in [5, 5.41) is 17.4. The van der Waals surface area contributed by atoms with Crippen molar-refractivity contribution in [3.8, 4) is 22.9 Å². The number of halogens is 3. The lowest BCUT2D eigenvalue weighted by molar-refractivity contribution is -0.137. The predicted octanol–water partition coefficient (Wildman–Crippen LogP) is 3.59. The van der Waals surface area contributed by atoms with Crippen LogP contribution in [-0.4, -0.2) is 28.4 Å². The number of primary sulfonamides is 1. The minimum Gasteiger partial charge on any atom is -0.416 e. The monoisotopic (exact) mass is 477 g/mol. The molecule has 0 aliphatic heterocycles. The van der Waals surface area contributed by atoms with E-state index in [0.717, 1.165) is 23.4 Å². The Morgan fingerprint density at radius 3 is 2.21 bits per heavy atom. The van der Waals surface area contributed by atoms with Crippen LogP contribution in [0.4, 0.5) is 13.2 Å². The number of aromatic nitrogens is 4. The molecule has 0 radical (unpaired) electrons. The molecule has 0 saturated carbocycles. The summed E-state index contributed by atoms with van der Waals surface area (Å²) in [4.78, 5) is -0.0381. The van der Waals surface area contributed by atoms with Crippen LogP contribution in [0.5, 0.6) is 0 Å². The van der Waals surface area contributed by atoms with Gasteiger partial charge in [-0.25, -0.2) is 13.6 Å². The predicted molar refractivity (Wildman–Crippen MR) is 112 cm³/mol. The van der Waals surface area contributed by atoms with E-state index in [4.69, 9.17) is 9.56 Å². The van der Waals surface area contributed by atoms with Crippen LogP contribution < -0.4 is 5.14 Å². The first-order valence-corrected chi connectivity index (χ1v) is 11.2. The van der Waals surface area contributed by atoms with Gasteiger partial charge in [0.2, 0.25) is 15.9 Å². The molecule has 0 fully saturated rings. The fraction of sp³-hybridized carbons (Fsp3) is 0.190. The highest BCUT2D eigenvalue weighted by Crippen LogP contribution is 2.30. The molecule has 4 rings (SSSR count). The number of nitrogens with two attached hydrogens (primary N) is 1. The third kappa shape index (κ3) is 4.96. The largest absolute Gasteiger partial charge is 0.416 e. The zero-order chi connectivity index (χ0) is 23.8. The molecule has 0 aliphatic rings. The molecular formula is C21H18F3N5O3S. The van der Waals surface area contributed by atoms with Crippen molar-refractivity contribution in [1.29, 1.82) is 0 Å². The van der Waals surface area contributed by atoms with E-state index in [2.05, 4.69) is 15.3 Å². The van der Waals surface area contributed by atoms with Crippen molar-refractivity contribution in [2.45, 2.75) is 23.9 Å². The fourth-order valence-electron chi connectivity index (χ4n) is 3.30. The van der Waals surface area contributed by atoms with E-state index in [9.17, 15) is 21.6 Å². The summed E-state index contributed by atoms with van der Waals surface area (Å²) >= 11 is 0. The Morgan fingerprint density at radius 2 is 1.61 bits per heavy atom. The summed E-state index contributed by atoms with van der Waals surface area (Å²) < 4.78 is 68.5. The molecule has 33 heavy (non-hydrogen) atoms. The molecule has 0 atom stereocenters. The smallest absolute Gasteiger partial charge is 0.416 e. The van der Waals surface area contributed by atoms with Gasteiger partial charge in [0.1, 0.15) is 0 Å². The SMILES string of the molecule is Cn1ncc(-c2nnc(-c3ccc(S(N)(=O)=O)cc3)o2)c1CCc1ccc(C(F)(F)F)cc1. The lowest BCUT2D eigenvalue weighted by Crippen LogP contribution is -2.11. The molecule has 2 aromatic heterocycles. The minimum atomic E-state index is -4.37. The summed E-state index contributed by atoms with van der Waals surface area (Å²) in [6, 6.07) is 10.7. The highest BCUT2D eigenvalue weighted by Gasteiger charge is 2.30. The number of aryl methyl sites for hydroxylation is 2. The van der Waals surface area contributed by atoms with Gasteiger partial charge in [-0.3, -0.25) is 4.68 Å². The Balaban J connectivity index is 1.53. The zero-order valence-corrected chi connectivity index (χ0v) is 18.1. The number of hydrogen-bond donors (Lipinski definition) is 1. The van der Waals surface area contributed by atoms with Gasteiger partial charge in [-0.15, -0.1) is 10.2 Å². The van der Waals surface area contributed by atoms with Gasteiger partial charge in [0.05, 0.1) is 27.9 Å². The Bertz CT molecular complexity index is 1380. The second-order valence-electron chi connectivity index (χ2n) is 7.30. The quantitative estimate of drug-likeness (QED) is 0.454. The second kappa shape index (κ2) is 8.45. The topological polar surface area (TPSA) is 117 Å². The Labute approximate surface area is 186 Å². The van der Waals surface area contributed by atoms with E-state index in [0.29, 0.717) is 24.0 Å². The van der Waals surface area contributed by atoms with Gasteiger partial charge in [0.15, 0.2) is 0 Å². The summed E-state index contributed by atoms with van der Waals surface area (Å²) in [6.45, 7) is 0. The van der Waals surface area contributed by atoms with Gasteiger partial charge >= 0.3 is 6.18 Å². The van der Waals surface area contributed by atoms with Crippen LogP contribution in [0, 0.1) is 0 Å². The first-order valence-electron chi connectivity index (χ1n) is 9.66. The molecule has 2 heterocycles. The molecule has 2 aromatic carbocycles. The summed E-state index contributed by atoms with van der Waals surface area (Å²) in [5.74, 6) is 0.402. The second-order valence-corrected chi connectivity index (χ2v) is 8.87. The molecule has 2 N–H and O–H groups in total.